The standard InChI is InChI=1S/C14H12ClN3OS2/c15-11-4-1-3-10(7-11)9-20-14-18-17-13(21-14)16-8-12-5-2-6-19-12/h1-7H,8-9H2,(H,16,17). The third-order valence-electron chi connectivity index (χ3n) is 2.65. The molecule has 0 aliphatic rings. The number of benzene rings is 1. The van der Waals surface area contributed by atoms with Gasteiger partial charge in [-0.1, -0.05) is 46.8 Å². The number of rotatable bonds is 6. The van der Waals surface area contributed by atoms with Crippen molar-refractivity contribution in [3.8, 4) is 0 Å². The molecule has 4 nitrogen and oxygen atoms in total. The number of anilines is 1. The van der Waals surface area contributed by atoms with Crippen molar-refractivity contribution in [2.45, 2.75) is 16.6 Å². The maximum Gasteiger partial charge on any atom is 0.206 e. The average Bonchev–Trinajstić information content (AvgIpc) is 3.15. The fraction of sp³-hybridized carbons (Fsp3) is 0.143. The fourth-order valence-corrected chi connectivity index (χ4v) is 3.59. The lowest BCUT2D eigenvalue weighted by Gasteiger charge is -1.99. The van der Waals surface area contributed by atoms with Crippen LogP contribution in [0.1, 0.15) is 11.3 Å². The summed E-state index contributed by atoms with van der Waals surface area (Å²) in [5.41, 5.74) is 1.17. The second-order valence-electron chi connectivity index (χ2n) is 4.22. The molecule has 0 amide bonds. The highest BCUT2D eigenvalue weighted by Crippen LogP contribution is 2.29. The molecule has 0 unspecified atom stereocenters. The predicted molar refractivity (Wildman–Crippen MR) is 87.0 cm³/mol. The first-order chi connectivity index (χ1) is 10.3. The zero-order valence-corrected chi connectivity index (χ0v) is 13.3. The minimum Gasteiger partial charge on any atom is -0.467 e. The van der Waals surface area contributed by atoms with Crippen molar-refractivity contribution >= 4 is 39.8 Å². The van der Waals surface area contributed by atoms with Crippen LogP contribution in [0.4, 0.5) is 5.13 Å². The molecule has 0 bridgehead atoms. The van der Waals surface area contributed by atoms with Gasteiger partial charge >= 0.3 is 0 Å². The summed E-state index contributed by atoms with van der Waals surface area (Å²) in [6.45, 7) is 0.612. The van der Waals surface area contributed by atoms with Gasteiger partial charge in [-0.25, -0.2) is 0 Å². The SMILES string of the molecule is Clc1cccc(CSc2nnc(NCc3ccco3)s2)c1. The van der Waals surface area contributed by atoms with Crippen LogP contribution in [0, 0.1) is 0 Å². The van der Waals surface area contributed by atoms with Crippen molar-refractivity contribution in [2.24, 2.45) is 0 Å². The first kappa shape index (κ1) is 14.4. The fourth-order valence-electron chi connectivity index (χ4n) is 1.69. The molecule has 1 aromatic carbocycles. The number of furan rings is 1. The Balaban J connectivity index is 1.53. The van der Waals surface area contributed by atoms with Gasteiger partial charge < -0.3 is 9.73 Å². The summed E-state index contributed by atoms with van der Waals surface area (Å²) in [5.74, 6) is 1.70. The topological polar surface area (TPSA) is 51.0 Å². The van der Waals surface area contributed by atoms with E-state index in [-0.39, 0.29) is 0 Å². The van der Waals surface area contributed by atoms with Crippen LogP contribution < -0.4 is 5.32 Å². The van der Waals surface area contributed by atoms with E-state index in [1.54, 1.807) is 18.0 Å². The summed E-state index contributed by atoms with van der Waals surface area (Å²) in [6, 6.07) is 11.6. The Labute approximate surface area is 135 Å². The Hall–Kier alpha value is -1.50. The van der Waals surface area contributed by atoms with Crippen molar-refractivity contribution < 1.29 is 4.42 Å². The van der Waals surface area contributed by atoms with Crippen LogP contribution in [-0.4, -0.2) is 10.2 Å². The van der Waals surface area contributed by atoms with Crippen molar-refractivity contribution in [3.63, 3.8) is 0 Å². The molecular formula is C14H12ClN3OS2. The highest BCUT2D eigenvalue weighted by atomic mass is 35.5. The van der Waals surface area contributed by atoms with Crippen LogP contribution in [0.5, 0.6) is 0 Å². The van der Waals surface area contributed by atoms with Gasteiger partial charge in [-0.2, -0.15) is 0 Å². The summed E-state index contributed by atoms with van der Waals surface area (Å²) in [4.78, 5) is 0. The van der Waals surface area contributed by atoms with E-state index in [1.165, 1.54) is 16.9 Å². The third kappa shape index (κ3) is 4.23. The van der Waals surface area contributed by atoms with Gasteiger partial charge in [0.1, 0.15) is 5.76 Å². The van der Waals surface area contributed by atoms with Crippen molar-refractivity contribution in [3.05, 3.63) is 59.0 Å². The number of aromatic nitrogens is 2. The molecule has 2 heterocycles. The number of nitrogens with one attached hydrogen (secondary N) is 1. The van der Waals surface area contributed by atoms with E-state index in [4.69, 9.17) is 16.0 Å². The molecule has 0 spiro atoms. The zero-order chi connectivity index (χ0) is 14.5. The number of nitrogens with zero attached hydrogens (tertiary/aromatic N) is 2. The van der Waals surface area contributed by atoms with Crippen LogP contribution >= 0.6 is 34.7 Å². The first-order valence-corrected chi connectivity index (χ1v) is 8.44. The first-order valence-electron chi connectivity index (χ1n) is 6.26. The maximum absolute atomic E-state index is 5.97. The summed E-state index contributed by atoms with van der Waals surface area (Å²) in [6.07, 6.45) is 1.66. The van der Waals surface area contributed by atoms with E-state index in [1.807, 2.05) is 30.3 Å². The maximum atomic E-state index is 5.97. The number of halogens is 1. The quantitative estimate of drug-likeness (QED) is 0.661. The number of hydrogen-bond donors (Lipinski definition) is 1. The largest absolute Gasteiger partial charge is 0.467 e. The van der Waals surface area contributed by atoms with Crippen molar-refractivity contribution in [1.82, 2.24) is 10.2 Å². The van der Waals surface area contributed by atoms with Crippen LogP contribution in [-0.2, 0) is 12.3 Å². The molecule has 108 valence electrons. The number of thioether (sulfide) groups is 1. The van der Waals surface area contributed by atoms with Gasteiger partial charge in [-0.3, -0.25) is 0 Å². The van der Waals surface area contributed by atoms with E-state index < -0.39 is 0 Å². The Bertz CT molecular complexity index is 700. The molecule has 2 aromatic heterocycles. The van der Waals surface area contributed by atoms with Crippen molar-refractivity contribution in [1.29, 1.82) is 0 Å². The molecule has 0 fully saturated rings. The lowest BCUT2D eigenvalue weighted by molar-refractivity contribution is 0.518. The summed E-state index contributed by atoms with van der Waals surface area (Å²) in [7, 11) is 0. The molecular weight excluding hydrogens is 326 g/mol. The molecule has 0 saturated heterocycles. The summed E-state index contributed by atoms with van der Waals surface area (Å²) < 4.78 is 6.18. The monoisotopic (exact) mass is 337 g/mol. The van der Waals surface area contributed by atoms with Gasteiger partial charge in [-0.05, 0) is 29.8 Å². The van der Waals surface area contributed by atoms with E-state index in [0.717, 1.165) is 26.0 Å². The molecule has 0 atom stereocenters. The lowest BCUT2D eigenvalue weighted by Crippen LogP contribution is -1.96. The Morgan fingerprint density at radius 2 is 2.19 bits per heavy atom. The van der Waals surface area contributed by atoms with Crippen LogP contribution in [0.15, 0.2) is 51.4 Å². The van der Waals surface area contributed by atoms with Gasteiger partial charge in [0.05, 0.1) is 12.8 Å². The molecule has 0 radical (unpaired) electrons. The highest BCUT2D eigenvalue weighted by Gasteiger charge is 2.06. The second kappa shape index (κ2) is 6.98. The zero-order valence-electron chi connectivity index (χ0n) is 11.0. The minimum atomic E-state index is 0.612. The van der Waals surface area contributed by atoms with Gasteiger partial charge in [0.2, 0.25) is 5.13 Å². The molecule has 0 saturated carbocycles. The smallest absolute Gasteiger partial charge is 0.206 e. The van der Waals surface area contributed by atoms with Gasteiger partial charge in [-0.15, -0.1) is 10.2 Å². The van der Waals surface area contributed by atoms with Crippen LogP contribution in [0.3, 0.4) is 0 Å². The second-order valence-corrected chi connectivity index (χ2v) is 6.86. The van der Waals surface area contributed by atoms with E-state index in [0.29, 0.717) is 6.54 Å². The molecule has 3 aromatic rings. The van der Waals surface area contributed by atoms with Gasteiger partial charge in [0, 0.05) is 10.8 Å². The Morgan fingerprint density at radius 1 is 1.24 bits per heavy atom. The van der Waals surface area contributed by atoms with Crippen LogP contribution in [0.25, 0.3) is 0 Å². The van der Waals surface area contributed by atoms with E-state index in [9.17, 15) is 0 Å². The molecule has 21 heavy (non-hydrogen) atoms. The number of hydrogen-bond acceptors (Lipinski definition) is 6. The Kier molecular flexibility index (Phi) is 4.80. The van der Waals surface area contributed by atoms with Gasteiger partial charge in [0.15, 0.2) is 4.34 Å². The van der Waals surface area contributed by atoms with Gasteiger partial charge in [0.25, 0.3) is 0 Å². The summed E-state index contributed by atoms with van der Waals surface area (Å²) in [5, 5.41) is 13.0. The molecule has 1 N–H and O–H groups in total. The Morgan fingerprint density at radius 3 is 3.00 bits per heavy atom. The van der Waals surface area contributed by atoms with E-state index >= 15 is 0 Å². The molecule has 0 aliphatic carbocycles. The molecule has 3 rings (SSSR count). The van der Waals surface area contributed by atoms with E-state index in [2.05, 4.69) is 21.6 Å². The molecule has 7 heteroatoms. The lowest BCUT2D eigenvalue weighted by atomic mass is 10.2. The predicted octanol–water partition coefficient (Wildman–Crippen LogP) is 4.69. The third-order valence-corrected chi connectivity index (χ3v) is 4.97. The van der Waals surface area contributed by atoms with Crippen LogP contribution in [0.2, 0.25) is 5.02 Å². The highest BCUT2D eigenvalue weighted by molar-refractivity contribution is 8.00. The molecule has 0 aliphatic heterocycles. The van der Waals surface area contributed by atoms with Crippen molar-refractivity contribution in [2.75, 3.05) is 5.32 Å². The average molecular weight is 338 g/mol. The summed E-state index contributed by atoms with van der Waals surface area (Å²) >= 11 is 9.15. The minimum absolute atomic E-state index is 0.612. The normalized spacial score (nSPS) is 10.7.